The number of halogens is 5. The lowest BCUT2D eigenvalue weighted by Gasteiger charge is -2.19. The van der Waals surface area contributed by atoms with Gasteiger partial charge in [-0.1, -0.05) is 0 Å². The highest BCUT2D eigenvalue weighted by Gasteiger charge is 2.30. The molecule has 0 saturated carbocycles. The highest BCUT2D eigenvalue weighted by Crippen LogP contribution is 2.31. The Hall–Kier alpha value is -1.37. The van der Waals surface area contributed by atoms with Crippen molar-refractivity contribution in [1.29, 1.82) is 0 Å². The molecular weight excluding hydrogens is 269 g/mol. The Labute approximate surface area is 107 Å². The Morgan fingerprint density at radius 3 is 2.11 bits per heavy atom. The van der Waals surface area contributed by atoms with Crippen LogP contribution in [0.4, 0.5) is 22.0 Å². The molecule has 108 valence electrons. The highest BCUT2D eigenvalue weighted by molar-refractivity contribution is 5.32. The quantitative estimate of drug-likeness (QED) is 0.834. The molecule has 0 heterocycles. The van der Waals surface area contributed by atoms with E-state index >= 15 is 0 Å². The van der Waals surface area contributed by atoms with E-state index in [1.54, 1.807) is 0 Å². The molecule has 1 atom stereocenters. The van der Waals surface area contributed by atoms with E-state index < -0.39 is 42.3 Å². The number of hydrogen-bond donors (Lipinski definition) is 1. The van der Waals surface area contributed by atoms with E-state index in [1.807, 2.05) is 0 Å². The third kappa shape index (κ3) is 4.34. The van der Waals surface area contributed by atoms with Crippen molar-refractivity contribution in [3.8, 4) is 5.75 Å². The minimum Gasteiger partial charge on any atom is -0.497 e. The van der Waals surface area contributed by atoms with Crippen molar-refractivity contribution >= 4 is 0 Å². The molecule has 1 N–H and O–H groups in total. The van der Waals surface area contributed by atoms with Crippen molar-refractivity contribution in [3.63, 3.8) is 0 Å². The molecule has 0 aromatic heterocycles. The number of benzene rings is 1. The fraction of sp³-hybridized carbons (Fsp3) is 0.500. The van der Waals surface area contributed by atoms with Crippen LogP contribution in [0.25, 0.3) is 0 Å². The molecule has 2 nitrogen and oxygen atoms in total. The van der Waals surface area contributed by atoms with E-state index in [0.29, 0.717) is 0 Å². The second-order valence-electron chi connectivity index (χ2n) is 4.00. The standard InChI is InChI=1S/C12H14F5NO/c1-18-10(3-4-12(15,16)17)11-8(13)5-7(19-2)6-9(11)14/h5-6,10,18H,3-4H2,1-2H3. The third-order valence-electron chi connectivity index (χ3n) is 2.70. The van der Waals surface area contributed by atoms with Gasteiger partial charge in [0.2, 0.25) is 0 Å². The monoisotopic (exact) mass is 283 g/mol. The maximum atomic E-state index is 13.7. The molecule has 1 rings (SSSR count). The zero-order chi connectivity index (χ0) is 14.6. The molecule has 0 bridgehead atoms. The predicted octanol–water partition coefficient (Wildman–Crippen LogP) is 3.58. The SMILES string of the molecule is CNC(CCC(F)(F)F)c1c(F)cc(OC)cc1F. The maximum absolute atomic E-state index is 13.7. The average molecular weight is 283 g/mol. The number of alkyl halides is 3. The molecule has 0 spiro atoms. The van der Waals surface area contributed by atoms with Gasteiger partial charge in [0.15, 0.2) is 0 Å². The van der Waals surface area contributed by atoms with Gasteiger partial charge in [0.05, 0.1) is 7.11 Å². The molecule has 19 heavy (non-hydrogen) atoms. The first-order valence-corrected chi connectivity index (χ1v) is 5.55. The van der Waals surface area contributed by atoms with Gasteiger partial charge in [-0.05, 0) is 13.5 Å². The summed E-state index contributed by atoms with van der Waals surface area (Å²) in [7, 11) is 2.59. The van der Waals surface area contributed by atoms with Gasteiger partial charge in [0, 0.05) is 30.2 Å². The Morgan fingerprint density at radius 1 is 1.21 bits per heavy atom. The molecule has 0 saturated heterocycles. The van der Waals surface area contributed by atoms with Crippen LogP contribution in [-0.4, -0.2) is 20.3 Å². The topological polar surface area (TPSA) is 21.3 Å². The second-order valence-corrected chi connectivity index (χ2v) is 4.00. The lowest BCUT2D eigenvalue weighted by Crippen LogP contribution is -2.22. The molecule has 0 fully saturated rings. The Kier molecular flexibility index (Phi) is 5.11. The van der Waals surface area contributed by atoms with Crippen LogP contribution in [0, 0.1) is 11.6 Å². The summed E-state index contributed by atoms with van der Waals surface area (Å²) < 4.78 is 68.6. The molecule has 1 aromatic rings. The van der Waals surface area contributed by atoms with E-state index in [4.69, 9.17) is 0 Å². The van der Waals surface area contributed by atoms with Gasteiger partial charge in [0.25, 0.3) is 0 Å². The smallest absolute Gasteiger partial charge is 0.389 e. The largest absolute Gasteiger partial charge is 0.497 e. The first-order chi connectivity index (χ1) is 8.78. The number of rotatable bonds is 5. The lowest BCUT2D eigenvalue weighted by atomic mass is 10.0. The van der Waals surface area contributed by atoms with Crippen LogP contribution in [0.2, 0.25) is 0 Å². The first kappa shape index (κ1) is 15.7. The van der Waals surface area contributed by atoms with Gasteiger partial charge >= 0.3 is 6.18 Å². The van der Waals surface area contributed by atoms with Crippen LogP contribution in [0.1, 0.15) is 24.4 Å². The van der Waals surface area contributed by atoms with Crippen LogP contribution in [-0.2, 0) is 0 Å². The molecular formula is C12H14F5NO. The summed E-state index contributed by atoms with van der Waals surface area (Å²) in [5.41, 5.74) is -0.410. The molecule has 1 unspecified atom stereocenters. The Balaban J connectivity index is 2.98. The molecule has 0 aliphatic rings. The molecule has 1 aromatic carbocycles. The van der Waals surface area contributed by atoms with Crippen LogP contribution in [0.3, 0.4) is 0 Å². The Bertz CT molecular complexity index is 410. The van der Waals surface area contributed by atoms with Gasteiger partial charge in [-0.15, -0.1) is 0 Å². The third-order valence-corrected chi connectivity index (χ3v) is 2.70. The maximum Gasteiger partial charge on any atom is 0.389 e. The number of methoxy groups -OCH3 is 1. The van der Waals surface area contributed by atoms with Crippen molar-refractivity contribution in [3.05, 3.63) is 29.3 Å². The molecule has 0 amide bonds. The predicted molar refractivity (Wildman–Crippen MR) is 60.0 cm³/mol. The summed E-state index contributed by atoms with van der Waals surface area (Å²) in [5, 5.41) is 2.49. The van der Waals surface area contributed by atoms with Gasteiger partial charge in [0.1, 0.15) is 17.4 Å². The van der Waals surface area contributed by atoms with E-state index in [2.05, 4.69) is 10.1 Å². The Morgan fingerprint density at radius 2 is 1.74 bits per heavy atom. The molecule has 7 heteroatoms. The summed E-state index contributed by atoms with van der Waals surface area (Å²) >= 11 is 0. The second kappa shape index (κ2) is 6.18. The van der Waals surface area contributed by atoms with Crippen molar-refractivity contribution < 1.29 is 26.7 Å². The normalized spacial score (nSPS) is 13.4. The summed E-state index contributed by atoms with van der Waals surface area (Å²) in [4.78, 5) is 0. The van der Waals surface area contributed by atoms with E-state index in [0.717, 1.165) is 12.1 Å². The van der Waals surface area contributed by atoms with Crippen molar-refractivity contribution in [2.45, 2.75) is 25.1 Å². The lowest BCUT2D eigenvalue weighted by molar-refractivity contribution is -0.136. The van der Waals surface area contributed by atoms with Crippen molar-refractivity contribution in [1.82, 2.24) is 5.32 Å². The van der Waals surface area contributed by atoms with E-state index in [-0.39, 0.29) is 5.75 Å². The fourth-order valence-electron chi connectivity index (χ4n) is 1.75. The van der Waals surface area contributed by atoms with Gasteiger partial charge < -0.3 is 10.1 Å². The van der Waals surface area contributed by atoms with Crippen LogP contribution in [0.5, 0.6) is 5.75 Å². The van der Waals surface area contributed by atoms with Crippen molar-refractivity contribution in [2.24, 2.45) is 0 Å². The van der Waals surface area contributed by atoms with Crippen LogP contribution >= 0.6 is 0 Å². The minimum absolute atomic E-state index is 0.0237. The number of ether oxygens (including phenoxy) is 1. The van der Waals surface area contributed by atoms with Gasteiger partial charge in [-0.25, -0.2) is 8.78 Å². The fourth-order valence-corrected chi connectivity index (χ4v) is 1.75. The average Bonchev–Trinajstić information content (AvgIpc) is 2.30. The van der Waals surface area contributed by atoms with E-state index in [9.17, 15) is 22.0 Å². The number of hydrogen-bond acceptors (Lipinski definition) is 2. The minimum atomic E-state index is -4.37. The van der Waals surface area contributed by atoms with Gasteiger partial charge in [-0.2, -0.15) is 13.2 Å². The summed E-state index contributed by atoms with van der Waals surface area (Å²) in [5.74, 6) is -1.89. The summed E-state index contributed by atoms with van der Waals surface area (Å²) in [6.45, 7) is 0. The summed E-state index contributed by atoms with van der Waals surface area (Å²) in [6, 6.07) is 0.833. The molecule has 0 aliphatic heterocycles. The zero-order valence-corrected chi connectivity index (χ0v) is 10.4. The van der Waals surface area contributed by atoms with E-state index in [1.165, 1.54) is 14.2 Å². The first-order valence-electron chi connectivity index (χ1n) is 5.55. The number of nitrogens with one attached hydrogen (secondary N) is 1. The summed E-state index contributed by atoms with van der Waals surface area (Å²) in [6.07, 6.45) is -5.93. The highest BCUT2D eigenvalue weighted by atomic mass is 19.4. The molecule has 0 radical (unpaired) electrons. The zero-order valence-electron chi connectivity index (χ0n) is 10.4. The van der Waals surface area contributed by atoms with Crippen LogP contribution < -0.4 is 10.1 Å². The van der Waals surface area contributed by atoms with Crippen molar-refractivity contribution in [2.75, 3.05) is 14.2 Å². The molecule has 0 aliphatic carbocycles. The van der Waals surface area contributed by atoms with Gasteiger partial charge in [-0.3, -0.25) is 0 Å². The van der Waals surface area contributed by atoms with Crippen LogP contribution in [0.15, 0.2) is 12.1 Å².